The Balaban J connectivity index is 1.57. The molecule has 2 aromatic rings. The Labute approximate surface area is 200 Å². The van der Waals surface area contributed by atoms with Gasteiger partial charge < -0.3 is 15.0 Å². The Morgan fingerprint density at radius 1 is 1.12 bits per heavy atom. The quantitative estimate of drug-likeness (QED) is 0.676. The zero-order chi connectivity index (χ0) is 24.3. The number of rotatable bonds is 6. The fraction of sp³-hybridized carbons (Fsp3) is 0.440. The SMILES string of the molecule is COc1ccccc1NC(=O)CN1C(=O)CCCc2cc(S(=O)(=O)N3CCC(C)CC3)ccc21. The molecule has 0 spiro atoms. The number of para-hydroxylation sites is 2. The summed E-state index contributed by atoms with van der Waals surface area (Å²) in [5.41, 5.74) is 1.88. The third-order valence-corrected chi connectivity index (χ3v) is 8.44. The minimum atomic E-state index is -3.60. The molecular formula is C25H31N3O5S. The van der Waals surface area contributed by atoms with Crippen molar-refractivity contribution in [3.8, 4) is 5.75 Å². The molecule has 8 nitrogen and oxygen atoms in total. The first-order valence-corrected chi connectivity index (χ1v) is 13.1. The molecule has 2 aliphatic rings. The molecule has 0 unspecified atom stereocenters. The van der Waals surface area contributed by atoms with Gasteiger partial charge in [0.2, 0.25) is 21.8 Å². The normalized spacial score (nSPS) is 17.7. The van der Waals surface area contributed by atoms with Gasteiger partial charge in [-0.15, -0.1) is 0 Å². The van der Waals surface area contributed by atoms with Crippen LogP contribution in [0.15, 0.2) is 47.4 Å². The van der Waals surface area contributed by atoms with Gasteiger partial charge >= 0.3 is 0 Å². The van der Waals surface area contributed by atoms with Crippen molar-refractivity contribution in [1.82, 2.24) is 4.31 Å². The molecule has 34 heavy (non-hydrogen) atoms. The van der Waals surface area contributed by atoms with Gasteiger partial charge in [-0.25, -0.2) is 8.42 Å². The molecule has 2 aromatic carbocycles. The summed E-state index contributed by atoms with van der Waals surface area (Å²) in [6, 6.07) is 12.0. The highest BCUT2D eigenvalue weighted by Crippen LogP contribution is 2.32. The lowest BCUT2D eigenvalue weighted by atomic mass is 10.0. The van der Waals surface area contributed by atoms with Crippen LogP contribution >= 0.6 is 0 Å². The summed E-state index contributed by atoms with van der Waals surface area (Å²) in [6.07, 6.45) is 3.18. The highest BCUT2D eigenvalue weighted by molar-refractivity contribution is 7.89. The number of carbonyl (C=O) groups excluding carboxylic acids is 2. The summed E-state index contributed by atoms with van der Waals surface area (Å²) in [6.45, 7) is 3.02. The first-order valence-electron chi connectivity index (χ1n) is 11.7. The molecule has 1 saturated heterocycles. The summed E-state index contributed by atoms with van der Waals surface area (Å²) in [7, 11) is -2.07. The number of sulfonamides is 1. The van der Waals surface area contributed by atoms with Gasteiger partial charge in [0.1, 0.15) is 12.3 Å². The van der Waals surface area contributed by atoms with Crippen LogP contribution in [0.1, 0.15) is 38.2 Å². The van der Waals surface area contributed by atoms with Crippen molar-refractivity contribution in [1.29, 1.82) is 0 Å². The van der Waals surface area contributed by atoms with Gasteiger partial charge in [0.05, 0.1) is 17.7 Å². The second-order valence-electron chi connectivity index (χ2n) is 8.96. The van der Waals surface area contributed by atoms with Crippen LogP contribution in [0.25, 0.3) is 0 Å². The van der Waals surface area contributed by atoms with Crippen LogP contribution in [0.4, 0.5) is 11.4 Å². The van der Waals surface area contributed by atoms with Crippen molar-refractivity contribution < 1.29 is 22.7 Å². The van der Waals surface area contributed by atoms with Gasteiger partial charge in [-0.05, 0) is 67.5 Å². The Morgan fingerprint density at radius 3 is 2.59 bits per heavy atom. The highest BCUT2D eigenvalue weighted by atomic mass is 32.2. The lowest BCUT2D eigenvalue weighted by molar-refractivity contribution is -0.121. The van der Waals surface area contributed by atoms with E-state index in [1.165, 1.54) is 12.0 Å². The number of nitrogens with zero attached hydrogens (tertiary/aromatic N) is 2. The number of anilines is 2. The predicted octanol–water partition coefficient (Wildman–Crippen LogP) is 3.42. The van der Waals surface area contributed by atoms with Crippen LogP contribution in [0, 0.1) is 5.92 Å². The van der Waals surface area contributed by atoms with E-state index in [-0.39, 0.29) is 23.3 Å². The second-order valence-corrected chi connectivity index (χ2v) is 10.9. The summed E-state index contributed by atoms with van der Waals surface area (Å²) in [5, 5.41) is 2.80. The van der Waals surface area contributed by atoms with Crippen molar-refractivity contribution in [3.05, 3.63) is 48.0 Å². The Bertz CT molecular complexity index is 1170. The van der Waals surface area contributed by atoms with E-state index >= 15 is 0 Å². The molecular weight excluding hydrogens is 454 g/mol. The van der Waals surface area contributed by atoms with E-state index in [1.54, 1.807) is 46.8 Å². The van der Waals surface area contributed by atoms with E-state index in [9.17, 15) is 18.0 Å². The van der Waals surface area contributed by atoms with Crippen molar-refractivity contribution in [3.63, 3.8) is 0 Å². The molecule has 182 valence electrons. The number of carbonyl (C=O) groups is 2. The molecule has 9 heteroatoms. The number of aryl methyl sites for hydroxylation is 1. The molecule has 2 aliphatic heterocycles. The van der Waals surface area contributed by atoms with E-state index in [0.717, 1.165) is 18.4 Å². The fourth-order valence-electron chi connectivity index (χ4n) is 4.51. The van der Waals surface area contributed by atoms with Gasteiger partial charge in [0.15, 0.2) is 0 Å². The van der Waals surface area contributed by atoms with Crippen LogP contribution in [0.3, 0.4) is 0 Å². The zero-order valence-corrected chi connectivity index (χ0v) is 20.4. The average molecular weight is 486 g/mol. The number of hydrogen-bond acceptors (Lipinski definition) is 5. The summed E-state index contributed by atoms with van der Waals surface area (Å²) in [4.78, 5) is 27.3. The molecule has 0 aliphatic carbocycles. The minimum Gasteiger partial charge on any atom is -0.495 e. The van der Waals surface area contributed by atoms with E-state index in [2.05, 4.69) is 12.2 Å². The molecule has 2 heterocycles. The van der Waals surface area contributed by atoms with Crippen LogP contribution < -0.4 is 15.0 Å². The maximum atomic E-state index is 13.2. The van der Waals surface area contributed by atoms with Gasteiger partial charge in [-0.1, -0.05) is 19.1 Å². The summed E-state index contributed by atoms with van der Waals surface area (Å²) >= 11 is 0. The van der Waals surface area contributed by atoms with Gasteiger partial charge in [-0.2, -0.15) is 4.31 Å². The lowest BCUT2D eigenvalue weighted by Gasteiger charge is -2.30. The topological polar surface area (TPSA) is 96.0 Å². The van der Waals surface area contributed by atoms with E-state index < -0.39 is 10.0 Å². The Hall–Kier alpha value is -2.91. The standard InChI is InChI=1S/C25H31N3O5S/c1-18-12-14-27(15-13-18)34(31,32)20-10-11-22-19(16-20)6-5-9-25(30)28(22)17-24(29)26-21-7-3-4-8-23(21)33-2/h3-4,7-8,10-11,16,18H,5-6,9,12-15,17H2,1-2H3,(H,26,29). The molecule has 1 N–H and O–H groups in total. The van der Waals surface area contributed by atoms with Crippen molar-refractivity contribution in [2.75, 3.05) is 37.0 Å². The molecule has 0 radical (unpaired) electrons. The first-order chi connectivity index (χ1) is 16.3. The number of fused-ring (bicyclic) bond motifs is 1. The Morgan fingerprint density at radius 2 is 1.85 bits per heavy atom. The molecule has 1 fully saturated rings. The molecule has 0 aromatic heterocycles. The van der Waals surface area contributed by atoms with Crippen LogP contribution in [0.2, 0.25) is 0 Å². The maximum absolute atomic E-state index is 13.2. The average Bonchev–Trinajstić information content (AvgIpc) is 2.97. The first kappa shape index (κ1) is 24.2. The number of amides is 2. The van der Waals surface area contributed by atoms with E-state index in [1.807, 2.05) is 0 Å². The molecule has 0 saturated carbocycles. The monoisotopic (exact) mass is 485 g/mol. The fourth-order valence-corrected chi connectivity index (χ4v) is 6.04. The highest BCUT2D eigenvalue weighted by Gasteiger charge is 2.30. The third-order valence-electron chi connectivity index (χ3n) is 6.54. The summed E-state index contributed by atoms with van der Waals surface area (Å²) < 4.78 is 33.3. The van der Waals surface area contributed by atoms with Gasteiger partial charge in [0, 0.05) is 25.2 Å². The van der Waals surface area contributed by atoms with E-state index in [0.29, 0.717) is 55.4 Å². The molecule has 4 rings (SSSR count). The number of nitrogens with one attached hydrogen (secondary N) is 1. The summed E-state index contributed by atoms with van der Waals surface area (Å²) in [5.74, 6) is 0.542. The number of ether oxygens (including phenoxy) is 1. The molecule has 0 atom stereocenters. The molecule has 2 amide bonds. The number of methoxy groups -OCH3 is 1. The van der Waals surface area contributed by atoms with Crippen LogP contribution in [-0.2, 0) is 26.0 Å². The van der Waals surface area contributed by atoms with Crippen molar-refractivity contribution in [2.45, 2.75) is 43.9 Å². The number of benzene rings is 2. The van der Waals surface area contributed by atoms with Gasteiger partial charge in [-0.3, -0.25) is 9.59 Å². The number of hydrogen-bond donors (Lipinski definition) is 1. The minimum absolute atomic E-state index is 0.158. The third kappa shape index (κ3) is 5.10. The predicted molar refractivity (Wildman–Crippen MR) is 131 cm³/mol. The maximum Gasteiger partial charge on any atom is 0.244 e. The zero-order valence-electron chi connectivity index (χ0n) is 19.6. The molecule has 0 bridgehead atoms. The second kappa shape index (κ2) is 10.1. The van der Waals surface area contributed by atoms with E-state index in [4.69, 9.17) is 4.74 Å². The van der Waals surface area contributed by atoms with Crippen LogP contribution in [0.5, 0.6) is 5.75 Å². The number of piperidine rings is 1. The van der Waals surface area contributed by atoms with Crippen molar-refractivity contribution >= 4 is 33.2 Å². The van der Waals surface area contributed by atoms with Crippen molar-refractivity contribution in [2.24, 2.45) is 5.92 Å². The lowest BCUT2D eigenvalue weighted by Crippen LogP contribution is -2.38. The van der Waals surface area contributed by atoms with Crippen LogP contribution in [-0.4, -0.2) is 51.3 Å². The largest absolute Gasteiger partial charge is 0.495 e. The Kier molecular flexibility index (Phi) is 7.23. The smallest absolute Gasteiger partial charge is 0.244 e. The van der Waals surface area contributed by atoms with Gasteiger partial charge in [0.25, 0.3) is 0 Å².